The molecular weight excluding hydrogens is 515 g/mol. The minimum Gasteiger partial charge on any atom is -0.351 e. The summed E-state index contributed by atoms with van der Waals surface area (Å²) in [5.41, 5.74) is -1.86. The monoisotopic (exact) mass is 535 g/mol. The number of anilines is 3. The van der Waals surface area contributed by atoms with E-state index in [9.17, 15) is 30.7 Å². The number of aromatic nitrogens is 5. The van der Waals surface area contributed by atoms with Crippen LogP contribution in [-0.2, 0) is 12.1 Å². The van der Waals surface area contributed by atoms with Crippen LogP contribution in [0.25, 0.3) is 11.5 Å². The number of nitrogens with zero attached hydrogens (tertiary/aromatic N) is 5. The maximum Gasteiger partial charge on any atom is 0.433 e. The quantitative estimate of drug-likeness (QED) is 0.379. The Kier molecular flexibility index (Phi) is 7.62. The van der Waals surface area contributed by atoms with E-state index in [1.807, 2.05) is 0 Å². The lowest BCUT2D eigenvalue weighted by Gasteiger charge is -2.15. The van der Waals surface area contributed by atoms with Gasteiger partial charge in [0, 0.05) is 37.7 Å². The standard InChI is InChI=1S/C21H18F7N7.H2S/c1-19(22,23)15-9-11(6-8-29-15)30-17-33-16(13-3-2-4-14(32-13)21(26,27)28)34-18(35-17)31-12-5-7-20(24,25)10-12;/h2-4,6,8-9,12H,5,7,10H2,1H3,(H2,29,30,31,33,34,35);1H2/t12-;/m0./s1. The predicted molar refractivity (Wildman–Crippen MR) is 122 cm³/mol. The topological polar surface area (TPSA) is 88.5 Å². The van der Waals surface area contributed by atoms with Crippen molar-refractivity contribution in [2.75, 3.05) is 10.6 Å². The molecule has 1 aliphatic carbocycles. The first-order valence-corrected chi connectivity index (χ1v) is 10.3. The van der Waals surface area contributed by atoms with E-state index >= 15 is 0 Å². The SMILES string of the molecule is CC(F)(F)c1cc(Nc2nc(N[C@H]3CCC(F)(F)C3)nc(-c3cccc(C(F)(F)F)n3)n2)ccn1.S. The van der Waals surface area contributed by atoms with Crippen LogP contribution < -0.4 is 10.6 Å². The van der Waals surface area contributed by atoms with Crippen molar-refractivity contribution in [1.82, 2.24) is 24.9 Å². The van der Waals surface area contributed by atoms with Crippen LogP contribution in [0.2, 0.25) is 0 Å². The van der Waals surface area contributed by atoms with Gasteiger partial charge in [-0.1, -0.05) is 6.07 Å². The fourth-order valence-corrected chi connectivity index (χ4v) is 3.46. The number of rotatable bonds is 6. The Morgan fingerprint density at radius 1 is 0.944 bits per heavy atom. The highest BCUT2D eigenvalue weighted by Gasteiger charge is 2.40. The van der Waals surface area contributed by atoms with Crippen LogP contribution in [0.1, 0.15) is 37.6 Å². The van der Waals surface area contributed by atoms with Gasteiger partial charge in [-0.2, -0.15) is 50.4 Å². The minimum absolute atomic E-state index is 0. The smallest absolute Gasteiger partial charge is 0.351 e. The molecule has 4 rings (SSSR count). The van der Waals surface area contributed by atoms with Crippen molar-refractivity contribution in [2.45, 2.75) is 50.2 Å². The summed E-state index contributed by atoms with van der Waals surface area (Å²) in [6, 6.07) is 4.85. The molecule has 0 saturated heterocycles. The number of pyridine rings is 2. The molecule has 0 unspecified atom stereocenters. The Labute approximate surface area is 207 Å². The molecule has 3 heterocycles. The normalized spacial score (nSPS) is 17.4. The first-order chi connectivity index (χ1) is 16.3. The molecule has 2 N–H and O–H groups in total. The number of nitrogens with one attached hydrogen (secondary N) is 2. The molecule has 194 valence electrons. The highest BCUT2D eigenvalue weighted by atomic mass is 32.1. The second kappa shape index (κ2) is 10.0. The molecule has 1 fully saturated rings. The highest BCUT2D eigenvalue weighted by molar-refractivity contribution is 7.59. The fraction of sp³-hybridized carbons (Fsp3) is 0.381. The van der Waals surface area contributed by atoms with Crippen molar-refractivity contribution in [1.29, 1.82) is 0 Å². The molecular formula is C21H20F7N7S. The summed E-state index contributed by atoms with van der Waals surface area (Å²) in [5.74, 6) is -6.79. The molecule has 1 atom stereocenters. The van der Waals surface area contributed by atoms with Gasteiger partial charge in [0.2, 0.25) is 17.8 Å². The van der Waals surface area contributed by atoms with E-state index in [0.717, 1.165) is 24.4 Å². The van der Waals surface area contributed by atoms with E-state index in [-0.39, 0.29) is 55.4 Å². The highest BCUT2D eigenvalue weighted by Crippen LogP contribution is 2.36. The van der Waals surface area contributed by atoms with Crippen LogP contribution in [0.15, 0.2) is 36.5 Å². The largest absolute Gasteiger partial charge is 0.433 e. The summed E-state index contributed by atoms with van der Waals surface area (Å²) in [6.45, 7) is 0.666. The van der Waals surface area contributed by atoms with E-state index in [0.29, 0.717) is 6.92 Å². The van der Waals surface area contributed by atoms with Gasteiger partial charge in [0.05, 0.1) is 0 Å². The first-order valence-electron chi connectivity index (χ1n) is 10.3. The third-order valence-electron chi connectivity index (χ3n) is 5.11. The lowest BCUT2D eigenvalue weighted by Crippen LogP contribution is -2.21. The predicted octanol–water partition coefficient (Wildman–Crippen LogP) is 5.92. The zero-order valence-electron chi connectivity index (χ0n) is 18.5. The maximum atomic E-state index is 13.6. The molecule has 0 radical (unpaired) electrons. The average Bonchev–Trinajstić information content (AvgIpc) is 3.10. The van der Waals surface area contributed by atoms with Gasteiger partial charge in [0.15, 0.2) is 5.82 Å². The molecule has 0 bridgehead atoms. The molecule has 0 aliphatic heterocycles. The van der Waals surface area contributed by atoms with Gasteiger partial charge >= 0.3 is 6.18 Å². The van der Waals surface area contributed by atoms with Gasteiger partial charge < -0.3 is 10.6 Å². The fourth-order valence-electron chi connectivity index (χ4n) is 3.46. The summed E-state index contributed by atoms with van der Waals surface area (Å²) in [4.78, 5) is 19.3. The van der Waals surface area contributed by atoms with Gasteiger partial charge in [0.25, 0.3) is 5.92 Å². The molecule has 1 saturated carbocycles. The third-order valence-corrected chi connectivity index (χ3v) is 5.11. The van der Waals surface area contributed by atoms with Crippen LogP contribution in [0.5, 0.6) is 0 Å². The minimum atomic E-state index is -4.72. The molecule has 15 heteroatoms. The van der Waals surface area contributed by atoms with Crippen LogP contribution >= 0.6 is 13.5 Å². The summed E-state index contributed by atoms with van der Waals surface area (Å²) in [5, 5.41) is 5.43. The number of hydrogen-bond donors (Lipinski definition) is 2. The lowest BCUT2D eigenvalue weighted by molar-refractivity contribution is -0.141. The van der Waals surface area contributed by atoms with Crippen LogP contribution in [0.4, 0.5) is 48.3 Å². The molecule has 0 spiro atoms. The molecule has 1 aliphatic rings. The van der Waals surface area contributed by atoms with Crippen molar-refractivity contribution in [3.8, 4) is 11.5 Å². The van der Waals surface area contributed by atoms with E-state index in [4.69, 9.17) is 0 Å². The molecule has 0 amide bonds. The maximum absolute atomic E-state index is 13.6. The average molecular weight is 535 g/mol. The van der Waals surface area contributed by atoms with Crippen molar-refractivity contribution in [2.24, 2.45) is 0 Å². The molecule has 3 aromatic heterocycles. The number of alkyl halides is 7. The van der Waals surface area contributed by atoms with Gasteiger partial charge in [-0.05, 0) is 30.7 Å². The van der Waals surface area contributed by atoms with Crippen molar-refractivity contribution >= 4 is 31.1 Å². The summed E-state index contributed by atoms with van der Waals surface area (Å²) in [6.07, 6.45) is -4.28. The zero-order valence-corrected chi connectivity index (χ0v) is 19.5. The molecule has 36 heavy (non-hydrogen) atoms. The molecule has 7 nitrogen and oxygen atoms in total. The summed E-state index contributed by atoms with van der Waals surface area (Å²) >= 11 is 0. The van der Waals surface area contributed by atoms with E-state index < -0.39 is 41.9 Å². The molecule has 3 aromatic rings. The van der Waals surface area contributed by atoms with E-state index in [1.165, 1.54) is 12.1 Å². The zero-order chi connectivity index (χ0) is 25.4. The van der Waals surface area contributed by atoms with Crippen molar-refractivity contribution < 1.29 is 30.7 Å². The first kappa shape index (κ1) is 27.4. The Morgan fingerprint density at radius 2 is 1.67 bits per heavy atom. The molecule has 0 aromatic carbocycles. The van der Waals surface area contributed by atoms with Gasteiger partial charge in [0.1, 0.15) is 17.1 Å². The number of halogens is 7. The van der Waals surface area contributed by atoms with Gasteiger partial charge in [-0.15, -0.1) is 0 Å². The summed E-state index contributed by atoms with van der Waals surface area (Å²) in [7, 11) is 0. The van der Waals surface area contributed by atoms with Crippen LogP contribution in [-0.4, -0.2) is 36.9 Å². The van der Waals surface area contributed by atoms with Crippen LogP contribution in [0, 0.1) is 0 Å². The second-order valence-electron chi connectivity index (χ2n) is 8.10. The van der Waals surface area contributed by atoms with Crippen molar-refractivity contribution in [3.05, 3.63) is 47.9 Å². The van der Waals surface area contributed by atoms with Crippen LogP contribution in [0.3, 0.4) is 0 Å². The second-order valence-corrected chi connectivity index (χ2v) is 8.10. The Hall–Kier alpha value is -3.23. The van der Waals surface area contributed by atoms with Crippen molar-refractivity contribution in [3.63, 3.8) is 0 Å². The lowest BCUT2D eigenvalue weighted by atomic mass is 10.2. The Morgan fingerprint density at radius 3 is 2.31 bits per heavy atom. The van der Waals surface area contributed by atoms with E-state index in [1.54, 1.807) is 0 Å². The van der Waals surface area contributed by atoms with Gasteiger partial charge in [-0.3, -0.25) is 4.98 Å². The third kappa shape index (κ3) is 6.71. The Balaban J connectivity index is 0.00000361. The van der Waals surface area contributed by atoms with Gasteiger partial charge in [-0.25, -0.2) is 13.8 Å². The number of hydrogen-bond acceptors (Lipinski definition) is 7. The summed E-state index contributed by atoms with van der Waals surface area (Å²) < 4.78 is 93.9. The Bertz CT molecular complexity index is 1220. The van der Waals surface area contributed by atoms with E-state index in [2.05, 4.69) is 35.6 Å².